The molecular weight excluding hydrogens is 472 g/mol. The third kappa shape index (κ3) is 4.95. The fourth-order valence-corrected chi connectivity index (χ4v) is 4.52. The molecule has 1 saturated heterocycles. The van der Waals surface area contributed by atoms with Crippen LogP contribution in [0.15, 0.2) is 66.5 Å². The SMILES string of the molecule is CCOC(=O)Cc1ccc(N2C(=O)C(=O)/C(=C(/O)c3cc(C)c(OC)cc3C)C2c2ccncc2)cc1. The van der Waals surface area contributed by atoms with Gasteiger partial charge in [-0.15, -0.1) is 0 Å². The number of hydrogen-bond acceptors (Lipinski definition) is 7. The van der Waals surface area contributed by atoms with Crippen molar-refractivity contribution < 1.29 is 29.0 Å². The van der Waals surface area contributed by atoms with Gasteiger partial charge >= 0.3 is 5.97 Å². The summed E-state index contributed by atoms with van der Waals surface area (Å²) in [5.74, 6) is -1.50. The predicted molar refractivity (Wildman–Crippen MR) is 138 cm³/mol. The van der Waals surface area contributed by atoms with Crippen molar-refractivity contribution in [2.24, 2.45) is 0 Å². The van der Waals surface area contributed by atoms with E-state index in [4.69, 9.17) is 9.47 Å². The van der Waals surface area contributed by atoms with Crippen LogP contribution in [0, 0.1) is 13.8 Å². The van der Waals surface area contributed by atoms with Crippen molar-refractivity contribution in [3.63, 3.8) is 0 Å². The summed E-state index contributed by atoms with van der Waals surface area (Å²) in [6.45, 7) is 5.68. The summed E-state index contributed by atoms with van der Waals surface area (Å²) in [4.78, 5) is 44.0. The largest absolute Gasteiger partial charge is 0.507 e. The van der Waals surface area contributed by atoms with E-state index < -0.39 is 17.7 Å². The molecule has 1 N–H and O–H groups in total. The first-order valence-electron chi connectivity index (χ1n) is 11.9. The van der Waals surface area contributed by atoms with E-state index in [9.17, 15) is 19.5 Å². The number of hydrogen-bond donors (Lipinski definition) is 1. The molecular formula is C29H28N2O6. The zero-order chi connectivity index (χ0) is 26.7. The second kappa shape index (κ2) is 10.7. The number of pyridine rings is 1. The Morgan fingerprint density at radius 2 is 1.70 bits per heavy atom. The van der Waals surface area contributed by atoms with Gasteiger partial charge in [0.1, 0.15) is 11.5 Å². The summed E-state index contributed by atoms with van der Waals surface area (Å²) in [5, 5.41) is 11.4. The minimum Gasteiger partial charge on any atom is -0.507 e. The van der Waals surface area contributed by atoms with E-state index in [1.54, 1.807) is 81.9 Å². The topological polar surface area (TPSA) is 106 Å². The Labute approximate surface area is 215 Å². The second-order valence-electron chi connectivity index (χ2n) is 8.73. The van der Waals surface area contributed by atoms with E-state index in [0.717, 1.165) is 5.56 Å². The predicted octanol–water partition coefficient (Wildman–Crippen LogP) is 4.44. The van der Waals surface area contributed by atoms with Gasteiger partial charge in [0.2, 0.25) is 0 Å². The lowest BCUT2D eigenvalue weighted by Gasteiger charge is -2.25. The third-order valence-corrected chi connectivity index (χ3v) is 6.33. The number of aliphatic hydroxyl groups excluding tert-OH is 1. The molecule has 0 aliphatic carbocycles. The number of aromatic nitrogens is 1. The van der Waals surface area contributed by atoms with Crippen molar-refractivity contribution in [1.82, 2.24) is 4.98 Å². The van der Waals surface area contributed by atoms with E-state index >= 15 is 0 Å². The van der Waals surface area contributed by atoms with Gasteiger partial charge in [0.05, 0.1) is 31.8 Å². The van der Waals surface area contributed by atoms with Crippen LogP contribution >= 0.6 is 0 Å². The van der Waals surface area contributed by atoms with Gasteiger partial charge in [0.15, 0.2) is 0 Å². The number of nitrogens with zero attached hydrogens (tertiary/aromatic N) is 2. The van der Waals surface area contributed by atoms with E-state index in [0.29, 0.717) is 40.3 Å². The van der Waals surface area contributed by atoms with Crippen molar-refractivity contribution in [2.75, 3.05) is 18.6 Å². The molecule has 0 spiro atoms. The Kier molecular flexibility index (Phi) is 7.38. The van der Waals surface area contributed by atoms with Crippen LogP contribution in [0.5, 0.6) is 5.75 Å². The third-order valence-electron chi connectivity index (χ3n) is 6.33. The average Bonchev–Trinajstić information content (AvgIpc) is 3.16. The first kappa shape index (κ1) is 25.6. The molecule has 1 aromatic heterocycles. The summed E-state index contributed by atoms with van der Waals surface area (Å²) in [6.07, 6.45) is 3.23. The molecule has 0 bridgehead atoms. The number of anilines is 1. The lowest BCUT2D eigenvalue weighted by atomic mass is 9.93. The normalized spacial score (nSPS) is 16.6. The Bertz CT molecular complexity index is 1380. The molecule has 8 heteroatoms. The number of amides is 1. The van der Waals surface area contributed by atoms with E-state index in [2.05, 4.69) is 4.98 Å². The van der Waals surface area contributed by atoms with Gasteiger partial charge in [-0.3, -0.25) is 24.3 Å². The van der Waals surface area contributed by atoms with Crippen LogP contribution in [0.4, 0.5) is 5.69 Å². The Balaban J connectivity index is 1.83. The maximum absolute atomic E-state index is 13.4. The van der Waals surface area contributed by atoms with Crippen molar-refractivity contribution >= 4 is 29.1 Å². The van der Waals surface area contributed by atoms with Crippen LogP contribution in [0.3, 0.4) is 0 Å². The Morgan fingerprint density at radius 3 is 2.32 bits per heavy atom. The van der Waals surface area contributed by atoms with Crippen molar-refractivity contribution in [3.8, 4) is 5.75 Å². The molecule has 1 aliphatic heterocycles. The summed E-state index contributed by atoms with van der Waals surface area (Å²) in [5.41, 5.74) is 3.69. The number of methoxy groups -OCH3 is 1. The highest BCUT2D eigenvalue weighted by Crippen LogP contribution is 2.42. The number of aryl methyl sites for hydroxylation is 2. The maximum atomic E-state index is 13.4. The molecule has 1 atom stereocenters. The number of carbonyl (C=O) groups excluding carboxylic acids is 3. The van der Waals surface area contributed by atoms with Crippen molar-refractivity contribution in [3.05, 3.63) is 94.3 Å². The highest BCUT2D eigenvalue weighted by Gasteiger charge is 2.47. The number of Topliss-reactive ketones (excluding diaryl/α,β-unsaturated/α-hetero) is 1. The molecule has 4 rings (SSSR count). The van der Waals surface area contributed by atoms with Crippen LogP contribution in [-0.4, -0.2) is 41.5 Å². The molecule has 0 radical (unpaired) electrons. The zero-order valence-electron chi connectivity index (χ0n) is 21.1. The number of ketones is 1. The number of esters is 1. The van der Waals surface area contributed by atoms with Crippen LogP contribution in [0.25, 0.3) is 5.76 Å². The molecule has 1 unspecified atom stereocenters. The number of ether oxygens (including phenoxy) is 2. The number of carbonyl (C=O) groups is 3. The molecule has 8 nitrogen and oxygen atoms in total. The van der Waals surface area contributed by atoms with Crippen molar-refractivity contribution in [2.45, 2.75) is 33.2 Å². The quantitative estimate of drug-likeness (QED) is 0.221. The fourth-order valence-electron chi connectivity index (χ4n) is 4.52. The molecule has 0 saturated carbocycles. The second-order valence-corrected chi connectivity index (χ2v) is 8.73. The van der Waals surface area contributed by atoms with Gasteiger partial charge in [-0.25, -0.2) is 0 Å². The minimum absolute atomic E-state index is 0.0144. The highest BCUT2D eigenvalue weighted by atomic mass is 16.5. The fraction of sp³-hybridized carbons (Fsp3) is 0.241. The van der Waals surface area contributed by atoms with Crippen LogP contribution in [-0.2, 0) is 25.5 Å². The first-order chi connectivity index (χ1) is 17.8. The molecule has 190 valence electrons. The lowest BCUT2D eigenvalue weighted by molar-refractivity contribution is -0.142. The number of aliphatic hydroxyl groups is 1. The average molecular weight is 501 g/mol. The molecule has 3 aromatic rings. The van der Waals surface area contributed by atoms with Gasteiger partial charge < -0.3 is 14.6 Å². The molecule has 37 heavy (non-hydrogen) atoms. The summed E-state index contributed by atoms with van der Waals surface area (Å²) in [7, 11) is 1.56. The van der Waals surface area contributed by atoms with Gasteiger partial charge in [0, 0.05) is 23.6 Å². The summed E-state index contributed by atoms with van der Waals surface area (Å²) in [6, 6.07) is 12.8. The Morgan fingerprint density at radius 1 is 1.03 bits per heavy atom. The minimum atomic E-state index is -0.874. The summed E-state index contributed by atoms with van der Waals surface area (Å²) >= 11 is 0. The van der Waals surface area contributed by atoms with Crippen LogP contribution in [0.2, 0.25) is 0 Å². The number of rotatable bonds is 7. The monoisotopic (exact) mass is 500 g/mol. The van der Waals surface area contributed by atoms with E-state index in [1.165, 1.54) is 4.90 Å². The van der Waals surface area contributed by atoms with Crippen molar-refractivity contribution in [1.29, 1.82) is 0 Å². The van der Waals surface area contributed by atoms with Gasteiger partial charge in [0.25, 0.3) is 11.7 Å². The summed E-state index contributed by atoms with van der Waals surface area (Å²) < 4.78 is 10.4. The van der Waals surface area contributed by atoms with Crippen LogP contribution < -0.4 is 9.64 Å². The van der Waals surface area contributed by atoms with Crippen LogP contribution in [0.1, 0.15) is 40.8 Å². The van der Waals surface area contributed by atoms with Gasteiger partial charge in [-0.2, -0.15) is 0 Å². The van der Waals surface area contributed by atoms with Gasteiger partial charge in [-0.05, 0) is 79.4 Å². The molecule has 1 aliphatic rings. The highest BCUT2D eigenvalue weighted by molar-refractivity contribution is 6.51. The zero-order valence-corrected chi connectivity index (χ0v) is 21.1. The standard InChI is InChI=1S/C29H28N2O6/c1-5-37-24(32)16-19-6-8-21(9-7-19)31-26(20-10-12-30-13-11-20)25(28(34)29(31)35)27(33)22-14-18(3)23(36-4)15-17(22)2/h6-15,26,33H,5,16H2,1-4H3/b27-25+. The molecule has 2 heterocycles. The number of benzene rings is 2. The van der Waals surface area contributed by atoms with Gasteiger partial charge in [-0.1, -0.05) is 12.1 Å². The van der Waals surface area contributed by atoms with E-state index in [1.807, 2.05) is 6.92 Å². The molecule has 1 amide bonds. The van der Waals surface area contributed by atoms with E-state index in [-0.39, 0.29) is 23.7 Å². The lowest BCUT2D eigenvalue weighted by Crippen LogP contribution is -2.29. The smallest absolute Gasteiger partial charge is 0.310 e. The first-order valence-corrected chi connectivity index (χ1v) is 11.9. The maximum Gasteiger partial charge on any atom is 0.310 e. The molecule has 1 fully saturated rings. The Hall–Kier alpha value is -4.46. The molecule has 2 aromatic carbocycles.